The summed E-state index contributed by atoms with van der Waals surface area (Å²) in [6, 6.07) is 36.2. The third-order valence-corrected chi connectivity index (χ3v) is 7.46. The minimum Gasteiger partial charge on any atom is -0.376 e. The highest BCUT2D eigenvalue weighted by Gasteiger charge is 2.48. The zero-order valence-corrected chi connectivity index (χ0v) is 22.5. The molecule has 0 radical (unpaired) electrons. The quantitative estimate of drug-likeness (QED) is 0.146. The Balaban J connectivity index is 1.34. The second-order valence-electron chi connectivity index (χ2n) is 9.32. The Morgan fingerprint density at radius 3 is 1.48 bits per heavy atom. The predicted molar refractivity (Wildman–Crippen MR) is 155 cm³/mol. The largest absolute Gasteiger partial charge is 0.534 e. The van der Waals surface area contributed by atoms with Crippen molar-refractivity contribution < 1.29 is 25.8 Å². The Morgan fingerprint density at radius 1 is 0.500 bits per heavy atom. The normalized spacial score (nSPS) is 11.9. The number of rotatable bonds is 6. The summed E-state index contributed by atoms with van der Waals surface area (Å²) in [7, 11) is -5.77. The Bertz CT molecular complexity index is 1940. The number of fused-ring (bicyclic) bond motifs is 1. The van der Waals surface area contributed by atoms with Crippen LogP contribution in [-0.4, -0.2) is 28.9 Å². The monoisotopic (exact) mass is 583 g/mol. The van der Waals surface area contributed by atoms with E-state index < -0.39 is 21.4 Å². The van der Waals surface area contributed by atoms with Gasteiger partial charge in [-0.1, -0.05) is 103 Å². The molecule has 0 atom stereocenters. The van der Waals surface area contributed by atoms with E-state index >= 15 is 0 Å². The fraction of sp³-hybridized carbons (Fsp3) is 0.0312. The molecule has 1 aromatic heterocycles. The molecule has 10 heteroatoms. The summed E-state index contributed by atoms with van der Waals surface area (Å²) >= 11 is 0. The van der Waals surface area contributed by atoms with Gasteiger partial charge in [-0.15, -0.1) is 0 Å². The van der Waals surface area contributed by atoms with E-state index in [0.717, 1.165) is 27.8 Å². The van der Waals surface area contributed by atoms with Crippen LogP contribution in [-0.2, 0) is 10.1 Å². The van der Waals surface area contributed by atoms with Crippen molar-refractivity contribution in [3.8, 4) is 51.0 Å². The van der Waals surface area contributed by atoms with Crippen molar-refractivity contribution in [2.24, 2.45) is 0 Å². The van der Waals surface area contributed by atoms with Crippen molar-refractivity contribution in [1.29, 1.82) is 0 Å². The summed E-state index contributed by atoms with van der Waals surface area (Å²) in [5, 5.41) is 1.23. The first-order chi connectivity index (χ1) is 20.2. The first-order valence-electron chi connectivity index (χ1n) is 12.7. The summed E-state index contributed by atoms with van der Waals surface area (Å²) in [5.41, 5.74) is -1.43. The highest BCUT2D eigenvalue weighted by atomic mass is 32.2. The Hall–Kier alpha value is -5.09. The molecule has 5 aromatic carbocycles. The molecule has 0 aliphatic heterocycles. The van der Waals surface area contributed by atoms with Crippen molar-refractivity contribution in [2.75, 3.05) is 0 Å². The first-order valence-corrected chi connectivity index (χ1v) is 14.1. The summed E-state index contributed by atoms with van der Waals surface area (Å²) < 4.78 is 65.5. The Kier molecular flexibility index (Phi) is 6.91. The van der Waals surface area contributed by atoms with Crippen LogP contribution in [0.2, 0.25) is 0 Å². The number of aromatic nitrogens is 3. The van der Waals surface area contributed by atoms with Crippen LogP contribution in [0.4, 0.5) is 13.2 Å². The third-order valence-electron chi connectivity index (χ3n) is 6.48. The fourth-order valence-corrected chi connectivity index (χ4v) is 4.83. The maximum absolute atomic E-state index is 12.8. The van der Waals surface area contributed by atoms with E-state index in [0.29, 0.717) is 28.2 Å². The van der Waals surface area contributed by atoms with E-state index in [-0.39, 0.29) is 0 Å². The molecule has 0 unspecified atom stereocenters. The van der Waals surface area contributed by atoms with Crippen molar-refractivity contribution in [1.82, 2.24) is 15.0 Å². The van der Waals surface area contributed by atoms with Crippen LogP contribution in [0, 0.1) is 0 Å². The lowest BCUT2D eigenvalue weighted by Crippen LogP contribution is -2.28. The molecule has 0 spiro atoms. The van der Waals surface area contributed by atoms with Gasteiger partial charge < -0.3 is 4.18 Å². The summed E-state index contributed by atoms with van der Waals surface area (Å²) in [6.45, 7) is 0. The van der Waals surface area contributed by atoms with Crippen LogP contribution in [0.5, 0.6) is 5.75 Å². The van der Waals surface area contributed by atoms with Crippen molar-refractivity contribution >= 4 is 20.9 Å². The number of alkyl halides is 3. The van der Waals surface area contributed by atoms with Gasteiger partial charge in [-0.2, -0.15) is 21.6 Å². The highest BCUT2D eigenvalue weighted by molar-refractivity contribution is 7.88. The minimum absolute atomic E-state index is 0.425. The molecule has 0 saturated heterocycles. The van der Waals surface area contributed by atoms with E-state index in [1.54, 1.807) is 12.1 Å². The maximum Gasteiger partial charge on any atom is 0.534 e. The fourth-order valence-electron chi connectivity index (χ4n) is 4.38. The summed E-state index contributed by atoms with van der Waals surface area (Å²) in [4.78, 5) is 14.2. The predicted octanol–water partition coefficient (Wildman–Crippen LogP) is 7.92. The maximum atomic E-state index is 12.8. The van der Waals surface area contributed by atoms with Gasteiger partial charge in [0.2, 0.25) is 0 Å². The van der Waals surface area contributed by atoms with Gasteiger partial charge >= 0.3 is 15.6 Å². The SMILES string of the molecule is O=S(=O)(Oc1ccc2ccc(-c3ccc(-c4nc(-c5ccccc5)nc(-c5ccccc5)n4)cc3)cc2c1)C(F)(F)F. The lowest BCUT2D eigenvalue weighted by atomic mass is 10.00. The summed E-state index contributed by atoms with van der Waals surface area (Å²) in [6.07, 6.45) is 0. The van der Waals surface area contributed by atoms with Crippen LogP contribution in [0.15, 0.2) is 121 Å². The molecule has 0 bridgehead atoms. The van der Waals surface area contributed by atoms with Crippen LogP contribution in [0.3, 0.4) is 0 Å². The van der Waals surface area contributed by atoms with E-state index in [9.17, 15) is 21.6 Å². The molecule has 208 valence electrons. The summed E-state index contributed by atoms with van der Waals surface area (Å²) in [5.74, 6) is 1.17. The van der Waals surface area contributed by atoms with Gasteiger partial charge in [-0.25, -0.2) is 15.0 Å². The second-order valence-corrected chi connectivity index (χ2v) is 10.9. The van der Waals surface area contributed by atoms with E-state index in [2.05, 4.69) is 4.18 Å². The topological polar surface area (TPSA) is 82.0 Å². The third kappa shape index (κ3) is 5.57. The first kappa shape index (κ1) is 27.1. The molecule has 0 aliphatic carbocycles. The standard InChI is InChI=1S/C32H20F3N3O3S/c33-32(34,35)42(39,40)41-28-18-17-22-13-16-26(19-27(22)20-28)21-11-14-25(15-12-21)31-37-29(23-7-3-1-4-8-23)36-30(38-31)24-9-5-2-6-10-24/h1-20H. The molecule has 0 aliphatic rings. The molecule has 0 N–H and O–H groups in total. The number of halogens is 3. The molecule has 0 amide bonds. The number of hydrogen-bond donors (Lipinski definition) is 0. The van der Waals surface area contributed by atoms with Crippen LogP contribution in [0.25, 0.3) is 56.1 Å². The molecule has 6 aromatic rings. The average Bonchev–Trinajstić information content (AvgIpc) is 3.01. The zero-order valence-electron chi connectivity index (χ0n) is 21.7. The van der Waals surface area contributed by atoms with Crippen LogP contribution >= 0.6 is 0 Å². The van der Waals surface area contributed by atoms with E-state index in [1.165, 1.54) is 18.2 Å². The number of benzene rings is 5. The Labute approximate surface area is 239 Å². The number of nitrogens with zero attached hydrogens (tertiary/aromatic N) is 3. The minimum atomic E-state index is -5.77. The molecule has 6 rings (SSSR count). The lowest BCUT2D eigenvalue weighted by Gasteiger charge is -2.11. The van der Waals surface area contributed by atoms with Gasteiger partial charge in [0.25, 0.3) is 0 Å². The molecular formula is C32H20F3N3O3S. The lowest BCUT2D eigenvalue weighted by molar-refractivity contribution is -0.0500. The van der Waals surface area contributed by atoms with Gasteiger partial charge in [0.15, 0.2) is 17.5 Å². The second kappa shape index (κ2) is 10.7. The molecule has 42 heavy (non-hydrogen) atoms. The van der Waals surface area contributed by atoms with E-state index in [4.69, 9.17) is 15.0 Å². The molecule has 1 heterocycles. The van der Waals surface area contributed by atoms with Gasteiger partial charge in [0.05, 0.1) is 0 Å². The van der Waals surface area contributed by atoms with E-state index in [1.807, 2.05) is 91.0 Å². The molecule has 0 fully saturated rings. The van der Waals surface area contributed by atoms with Crippen LogP contribution in [0.1, 0.15) is 0 Å². The van der Waals surface area contributed by atoms with Gasteiger partial charge in [0.1, 0.15) is 5.75 Å². The molecule has 6 nitrogen and oxygen atoms in total. The van der Waals surface area contributed by atoms with Crippen molar-refractivity contribution in [2.45, 2.75) is 5.51 Å². The average molecular weight is 584 g/mol. The Morgan fingerprint density at radius 2 is 0.952 bits per heavy atom. The smallest absolute Gasteiger partial charge is 0.376 e. The van der Waals surface area contributed by atoms with Gasteiger partial charge in [0, 0.05) is 16.7 Å². The van der Waals surface area contributed by atoms with Crippen LogP contribution < -0.4 is 4.18 Å². The van der Waals surface area contributed by atoms with Gasteiger partial charge in [-0.05, 0) is 40.1 Å². The molecule has 0 saturated carbocycles. The van der Waals surface area contributed by atoms with Crippen molar-refractivity contribution in [3.05, 3.63) is 121 Å². The number of hydrogen-bond acceptors (Lipinski definition) is 6. The van der Waals surface area contributed by atoms with Gasteiger partial charge in [-0.3, -0.25) is 0 Å². The highest BCUT2D eigenvalue weighted by Crippen LogP contribution is 2.32. The molecular weight excluding hydrogens is 563 g/mol. The zero-order chi connectivity index (χ0) is 29.3. The van der Waals surface area contributed by atoms with Crippen molar-refractivity contribution in [3.63, 3.8) is 0 Å².